The maximum atomic E-state index is 14.7. The molecule has 1 amide bonds. The van der Waals surface area contributed by atoms with E-state index in [2.05, 4.69) is 10.1 Å². The van der Waals surface area contributed by atoms with Crippen molar-refractivity contribution in [1.82, 2.24) is 19.7 Å². The molecule has 6 nitrogen and oxygen atoms in total. The first-order valence-corrected chi connectivity index (χ1v) is 9.57. The molecule has 1 aliphatic rings. The number of carbonyl (C=O) groups is 1. The molecule has 30 heavy (non-hydrogen) atoms. The van der Waals surface area contributed by atoms with Gasteiger partial charge in [-0.2, -0.15) is 5.10 Å². The number of benzene rings is 1. The molecule has 0 aliphatic carbocycles. The standard InChI is InChI=1S/C22H22F2N4O2/c1-22(2,24)13-30-20-19-16(6-7-25-20)12-28(21(19)29)11-15-5-4-14(8-18(15)23)17-9-26-27(3)10-17/h4-10H,11-13H2,1-3H3. The lowest BCUT2D eigenvalue weighted by Gasteiger charge is -2.17. The minimum Gasteiger partial charge on any atom is -0.474 e. The van der Waals surface area contributed by atoms with Crippen LogP contribution in [-0.2, 0) is 20.1 Å². The number of ether oxygens (including phenoxy) is 1. The van der Waals surface area contributed by atoms with Crippen molar-refractivity contribution in [2.45, 2.75) is 32.6 Å². The first kappa shape index (κ1) is 20.0. The molecule has 1 aliphatic heterocycles. The SMILES string of the molecule is Cn1cc(-c2ccc(CN3Cc4ccnc(OCC(C)(C)F)c4C3=O)c(F)c2)cn1. The van der Waals surface area contributed by atoms with Gasteiger partial charge in [0.1, 0.15) is 23.7 Å². The van der Waals surface area contributed by atoms with Crippen molar-refractivity contribution in [1.29, 1.82) is 0 Å². The van der Waals surface area contributed by atoms with Crippen molar-refractivity contribution in [2.75, 3.05) is 6.61 Å². The first-order chi connectivity index (χ1) is 14.2. The van der Waals surface area contributed by atoms with Crippen molar-refractivity contribution in [3.8, 4) is 17.0 Å². The number of aromatic nitrogens is 3. The van der Waals surface area contributed by atoms with E-state index in [1.807, 2.05) is 12.3 Å². The van der Waals surface area contributed by atoms with Gasteiger partial charge in [0.2, 0.25) is 5.88 Å². The van der Waals surface area contributed by atoms with Gasteiger partial charge in [0.25, 0.3) is 5.91 Å². The van der Waals surface area contributed by atoms with Gasteiger partial charge in [-0.3, -0.25) is 9.48 Å². The summed E-state index contributed by atoms with van der Waals surface area (Å²) in [5.74, 6) is -0.590. The first-order valence-electron chi connectivity index (χ1n) is 9.57. The average Bonchev–Trinajstić information content (AvgIpc) is 3.25. The minimum absolute atomic E-state index is 0.109. The van der Waals surface area contributed by atoms with Crippen LogP contribution >= 0.6 is 0 Å². The van der Waals surface area contributed by atoms with Crippen LogP contribution in [0.5, 0.6) is 5.88 Å². The molecule has 3 heterocycles. The van der Waals surface area contributed by atoms with Gasteiger partial charge in [-0.1, -0.05) is 12.1 Å². The number of hydrogen-bond donors (Lipinski definition) is 0. The van der Waals surface area contributed by atoms with E-state index >= 15 is 0 Å². The molecule has 4 rings (SSSR count). The summed E-state index contributed by atoms with van der Waals surface area (Å²) in [6.45, 7) is 3.00. The Bertz CT molecular complexity index is 1100. The molecule has 0 saturated heterocycles. The van der Waals surface area contributed by atoms with Gasteiger partial charge >= 0.3 is 0 Å². The molecule has 0 unspecified atom stereocenters. The van der Waals surface area contributed by atoms with E-state index in [1.165, 1.54) is 31.0 Å². The van der Waals surface area contributed by atoms with Crippen LogP contribution in [0.25, 0.3) is 11.1 Å². The van der Waals surface area contributed by atoms with E-state index in [1.54, 1.807) is 30.1 Å². The third-order valence-electron chi connectivity index (χ3n) is 4.87. The number of pyridine rings is 1. The second-order valence-corrected chi connectivity index (χ2v) is 8.03. The normalized spacial score (nSPS) is 13.6. The highest BCUT2D eigenvalue weighted by atomic mass is 19.1. The van der Waals surface area contributed by atoms with Crippen LogP contribution in [0.2, 0.25) is 0 Å². The van der Waals surface area contributed by atoms with Crippen molar-refractivity contribution in [3.63, 3.8) is 0 Å². The molecule has 0 atom stereocenters. The summed E-state index contributed by atoms with van der Waals surface area (Å²) in [5.41, 5.74) is 1.43. The number of fused-ring (bicyclic) bond motifs is 1. The molecule has 3 aromatic rings. The van der Waals surface area contributed by atoms with Gasteiger partial charge in [0.15, 0.2) is 0 Å². The topological polar surface area (TPSA) is 60.2 Å². The largest absolute Gasteiger partial charge is 0.474 e. The third kappa shape index (κ3) is 4.03. The van der Waals surface area contributed by atoms with Crippen molar-refractivity contribution >= 4 is 5.91 Å². The monoisotopic (exact) mass is 412 g/mol. The van der Waals surface area contributed by atoms with Crippen molar-refractivity contribution < 1.29 is 18.3 Å². The van der Waals surface area contributed by atoms with Crippen LogP contribution < -0.4 is 4.74 Å². The molecular weight excluding hydrogens is 390 g/mol. The van der Waals surface area contributed by atoms with Crippen molar-refractivity contribution in [3.05, 3.63) is 65.4 Å². The Kier molecular flexibility index (Phi) is 5.01. The highest BCUT2D eigenvalue weighted by molar-refractivity contribution is 6.00. The zero-order valence-electron chi connectivity index (χ0n) is 17.0. The molecule has 1 aromatic carbocycles. The molecule has 0 N–H and O–H groups in total. The number of amides is 1. The van der Waals surface area contributed by atoms with Crippen LogP contribution in [-0.4, -0.2) is 37.8 Å². The van der Waals surface area contributed by atoms with E-state index in [0.717, 1.165) is 11.1 Å². The van der Waals surface area contributed by atoms with E-state index in [4.69, 9.17) is 4.74 Å². The number of alkyl halides is 1. The van der Waals surface area contributed by atoms with Crippen molar-refractivity contribution in [2.24, 2.45) is 7.05 Å². The predicted molar refractivity (Wildman–Crippen MR) is 107 cm³/mol. The van der Waals surface area contributed by atoms with E-state index in [9.17, 15) is 13.6 Å². The van der Waals surface area contributed by atoms with Crippen LogP contribution in [0, 0.1) is 5.82 Å². The molecule has 0 fully saturated rings. The van der Waals surface area contributed by atoms with E-state index in [-0.39, 0.29) is 24.9 Å². The Labute approximate surface area is 173 Å². The second-order valence-electron chi connectivity index (χ2n) is 8.03. The summed E-state index contributed by atoms with van der Waals surface area (Å²) >= 11 is 0. The zero-order valence-corrected chi connectivity index (χ0v) is 17.0. The Morgan fingerprint density at radius 1 is 1.23 bits per heavy atom. The fraction of sp³-hybridized carbons (Fsp3) is 0.318. The number of aryl methyl sites for hydroxylation is 1. The highest BCUT2D eigenvalue weighted by Gasteiger charge is 2.32. The lowest BCUT2D eigenvalue weighted by molar-refractivity contribution is 0.0753. The summed E-state index contributed by atoms with van der Waals surface area (Å²) in [4.78, 5) is 18.5. The summed E-state index contributed by atoms with van der Waals surface area (Å²) < 4.78 is 35.6. The lowest BCUT2D eigenvalue weighted by Crippen LogP contribution is -2.26. The van der Waals surface area contributed by atoms with Gasteiger partial charge in [0.05, 0.1) is 6.20 Å². The molecule has 8 heteroatoms. The number of rotatable bonds is 6. The Hall–Kier alpha value is -3.29. The summed E-state index contributed by atoms with van der Waals surface area (Å²) in [6.07, 6.45) is 5.00. The summed E-state index contributed by atoms with van der Waals surface area (Å²) in [6, 6.07) is 6.65. The molecule has 0 bridgehead atoms. The third-order valence-corrected chi connectivity index (χ3v) is 4.87. The van der Waals surface area contributed by atoms with Gasteiger partial charge in [0, 0.05) is 43.7 Å². The molecule has 0 saturated carbocycles. The van der Waals surface area contributed by atoms with Gasteiger partial charge in [-0.15, -0.1) is 0 Å². The number of hydrogen-bond acceptors (Lipinski definition) is 4. The van der Waals surface area contributed by atoms with Crippen LogP contribution in [0.4, 0.5) is 8.78 Å². The highest BCUT2D eigenvalue weighted by Crippen LogP contribution is 2.31. The molecule has 2 aromatic heterocycles. The maximum Gasteiger partial charge on any atom is 0.260 e. The molecular formula is C22H22F2N4O2. The molecule has 0 spiro atoms. The number of nitrogens with zero attached hydrogens (tertiary/aromatic N) is 4. The van der Waals surface area contributed by atoms with Crippen LogP contribution in [0.15, 0.2) is 42.9 Å². The average molecular weight is 412 g/mol. The maximum absolute atomic E-state index is 14.7. The Morgan fingerprint density at radius 2 is 2.03 bits per heavy atom. The Morgan fingerprint density at radius 3 is 2.70 bits per heavy atom. The number of carbonyl (C=O) groups excluding carboxylic acids is 1. The quantitative estimate of drug-likeness (QED) is 0.616. The summed E-state index contributed by atoms with van der Waals surface area (Å²) in [5, 5.41) is 4.10. The fourth-order valence-electron chi connectivity index (χ4n) is 3.38. The predicted octanol–water partition coefficient (Wildman–Crippen LogP) is 3.90. The molecule has 0 radical (unpaired) electrons. The van der Waals surface area contributed by atoms with Gasteiger partial charge < -0.3 is 9.64 Å². The molecule has 156 valence electrons. The second kappa shape index (κ2) is 7.51. The van der Waals surface area contributed by atoms with Crippen LogP contribution in [0.1, 0.15) is 35.3 Å². The lowest BCUT2D eigenvalue weighted by atomic mass is 10.1. The fourth-order valence-corrected chi connectivity index (χ4v) is 3.38. The summed E-state index contributed by atoms with van der Waals surface area (Å²) in [7, 11) is 1.80. The van der Waals surface area contributed by atoms with Gasteiger partial charge in [-0.25, -0.2) is 13.8 Å². The van der Waals surface area contributed by atoms with Gasteiger partial charge in [-0.05, 0) is 37.1 Å². The number of halogens is 2. The minimum atomic E-state index is -1.55. The zero-order chi connectivity index (χ0) is 21.5. The van der Waals surface area contributed by atoms with Crippen LogP contribution in [0.3, 0.4) is 0 Å². The smallest absolute Gasteiger partial charge is 0.260 e. The van der Waals surface area contributed by atoms with E-state index < -0.39 is 11.5 Å². The van der Waals surface area contributed by atoms with E-state index in [0.29, 0.717) is 23.2 Å². The Balaban J connectivity index is 1.53.